The number of rotatable bonds is 8. The van der Waals surface area contributed by atoms with Gasteiger partial charge >= 0.3 is 5.97 Å². The van der Waals surface area contributed by atoms with Gasteiger partial charge in [-0.3, -0.25) is 4.79 Å². The Labute approximate surface area is 242 Å². The van der Waals surface area contributed by atoms with Gasteiger partial charge in [-0.05, 0) is 59.9 Å². The number of esters is 1. The number of nitrogens with zero attached hydrogens (tertiary/aromatic N) is 3. The second-order valence-electron chi connectivity index (χ2n) is 12.1. The summed E-state index contributed by atoms with van der Waals surface area (Å²) in [6.45, 7) is 13.6. The summed E-state index contributed by atoms with van der Waals surface area (Å²) in [6.07, 6.45) is 4.78. The van der Waals surface area contributed by atoms with Crippen LogP contribution in [0.15, 0.2) is 72.0 Å². The lowest BCUT2D eigenvalue weighted by Gasteiger charge is -2.36. The minimum absolute atomic E-state index is 0.101. The van der Waals surface area contributed by atoms with Crippen molar-refractivity contribution in [3.8, 4) is 16.9 Å². The van der Waals surface area contributed by atoms with Crippen molar-refractivity contribution in [2.75, 3.05) is 11.9 Å². The SMILES string of the molecule is CCc1cc(O[Si](C)(C)C(C)(C)C)ccc1/N=C(\N)c1cnn2cc(-c3ccccc3)cc2c1NC1COC(=O)C1. The van der Waals surface area contributed by atoms with Crippen LogP contribution in [0.5, 0.6) is 5.75 Å². The second-order valence-corrected chi connectivity index (χ2v) is 16.8. The molecule has 3 N–H and O–H groups in total. The van der Waals surface area contributed by atoms with E-state index in [4.69, 9.17) is 19.9 Å². The fourth-order valence-electron chi connectivity index (χ4n) is 4.66. The number of aliphatic imine (C=N–C) groups is 1. The van der Waals surface area contributed by atoms with E-state index in [1.807, 2.05) is 41.0 Å². The summed E-state index contributed by atoms with van der Waals surface area (Å²) in [5.41, 5.74) is 12.9. The lowest BCUT2D eigenvalue weighted by Crippen LogP contribution is -2.43. The molecule has 0 amide bonds. The maximum Gasteiger partial charge on any atom is 0.308 e. The van der Waals surface area contributed by atoms with Crippen LogP contribution >= 0.6 is 0 Å². The van der Waals surface area contributed by atoms with Crippen molar-refractivity contribution in [1.29, 1.82) is 0 Å². The molecule has 5 rings (SSSR count). The van der Waals surface area contributed by atoms with Gasteiger partial charge in [0, 0.05) is 11.8 Å². The Bertz CT molecular complexity index is 1610. The first-order chi connectivity index (χ1) is 19.4. The lowest BCUT2D eigenvalue weighted by atomic mass is 10.1. The predicted molar refractivity (Wildman–Crippen MR) is 168 cm³/mol. The van der Waals surface area contributed by atoms with E-state index in [9.17, 15) is 4.79 Å². The number of hydrogen-bond acceptors (Lipinski definition) is 6. The summed E-state index contributed by atoms with van der Waals surface area (Å²) in [5, 5.41) is 8.27. The third-order valence-electron chi connectivity index (χ3n) is 8.08. The van der Waals surface area contributed by atoms with Crippen LogP contribution in [0.25, 0.3) is 16.6 Å². The zero-order chi connectivity index (χ0) is 29.4. The summed E-state index contributed by atoms with van der Waals surface area (Å²) < 4.78 is 13.6. The average Bonchev–Trinajstić information content (AvgIpc) is 3.55. The Morgan fingerprint density at radius 3 is 2.59 bits per heavy atom. The van der Waals surface area contributed by atoms with Crippen molar-refractivity contribution in [2.24, 2.45) is 10.7 Å². The van der Waals surface area contributed by atoms with Crippen molar-refractivity contribution < 1.29 is 14.0 Å². The molecule has 3 heterocycles. The number of amidine groups is 1. The molecule has 1 aliphatic rings. The van der Waals surface area contributed by atoms with Crippen LogP contribution in [0.1, 0.15) is 45.2 Å². The van der Waals surface area contributed by atoms with Gasteiger partial charge in [-0.2, -0.15) is 5.10 Å². The van der Waals surface area contributed by atoms with Crippen LogP contribution < -0.4 is 15.5 Å². The maximum absolute atomic E-state index is 11.9. The number of aryl methyl sites for hydroxylation is 1. The predicted octanol–water partition coefficient (Wildman–Crippen LogP) is 6.71. The molecule has 4 aromatic rings. The quantitative estimate of drug-likeness (QED) is 0.106. The number of hydrogen-bond donors (Lipinski definition) is 2. The molecule has 1 saturated heterocycles. The zero-order valence-corrected chi connectivity index (χ0v) is 25.7. The minimum atomic E-state index is -1.98. The molecule has 2 aromatic carbocycles. The Morgan fingerprint density at radius 2 is 1.93 bits per heavy atom. The summed E-state index contributed by atoms with van der Waals surface area (Å²) in [4.78, 5) is 16.7. The molecule has 0 spiro atoms. The molecule has 1 fully saturated rings. The summed E-state index contributed by atoms with van der Waals surface area (Å²) in [6, 6.07) is 18.1. The number of fused-ring (bicyclic) bond motifs is 1. The highest BCUT2D eigenvalue weighted by atomic mass is 28.4. The fraction of sp³-hybridized carbons (Fsp3) is 0.344. The second kappa shape index (κ2) is 11.0. The number of nitrogens with one attached hydrogen (secondary N) is 1. The number of ether oxygens (including phenoxy) is 1. The molecule has 0 radical (unpaired) electrons. The maximum atomic E-state index is 11.9. The summed E-state index contributed by atoms with van der Waals surface area (Å²) >= 11 is 0. The van der Waals surface area contributed by atoms with E-state index >= 15 is 0 Å². The third kappa shape index (κ3) is 6.00. The van der Waals surface area contributed by atoms with Gasteiger partial charge in [-0.25, -0.2) is 9.51 Å². The van der Waals surface area contributed by atoms with E-state index in [2.05, 4.69) is 75.5 Å². The molecule has 214 valence electrons. The van der Waals surface area contributed by atoms with Crippen molar-refractivity contribution in [2.45, 2.75) is 64.7 Å². The Morgan fingerprint density at radius 1 is 1.17 bits per heavy atom. The highest BCUT2D eigenvalue weighted by Crippen LogP contribution is 2.38. The topological polar surface area (TPSA) is 103 Å². The molecule has 0 saturated carbocycles. The van der Waals surface area contributed by atoms with Gasteiger partial charge in [-0.15, -0.1) is 0 Å². The first-order valence-electron chi connectivity index (χ1n) is 14.1. The Balaban J connectivity index is 1.54. The van der Waals surface area contributed by atoms with Crippen LogP contribution in [0.4, 0.5) is 11.4 Å². The van der Waals surface area contributed by atoms with E-state index in [1.165, 1.54) is 0 Å². The number of cyclic esters (lactones) is 1. The van der Waals surface area contributed by atoms with Crippen LogP contribution in [0, 0.1) is 0 Å². The van der Waals surface area contributed by atoms with Crippen molar-refractivity contribution in [3.63, 3.8) is 0 Å². The molecule has 2 aromatic heterocycles. The van der Waals surface area contributed by atoms with Gasteiger partial charge in [0.1, 0.15) is 18.2 Å². The van der Waals surface area contributed by atoms with E-state index < -0.39 is 8.32 Å². The molecule has 8 nitrogen and oxygen atoms in total. The molecular weight excluding hydrogens is 530 g/mol. The Kier molecular flexibility index (Phi) is 7.65. The number of anilines is 1. The highest BCUT2D eigenvalue weighted by molar-refractivity contribution is 6.74. The standard InChI is InChI=1S/C32H39N5O3Si/c1-7-21-15-25(40-41(5,6)32(2,3)4)13-14-27(21)36-31(33)26-18-34-37-19-23(22-11-9-8-10-12-22)16-28(37)30(26)35-24-17-29(38)39-20-24/h8-16,18-19,24,35H,7,17,20H2,1-6H3,(H2,33,36). The molecular formula is C32H39N5O3Si. The highest BCUT2D eigenvalue weighted by Gasteiger charge is 2.39. The van der Waals surface area contributed by atoms with Crippen LogP contribution in [-0.2, 0) is 16.0 Å². The van der Waals surface area contributed by atoms with Crippen molar-refractivity contribution in [3.05, 3.63) is 78.1 Å². The van der Waals surface area contributed by atoms with Gasteiger partial charge in [0.15, 0.2) is 0 Å². The van der Waals surface area contributed by atoms with Crippen LogP contribution in [-0.4, -0.2) is 42.4 Å². The smallest absolute Gasteiger partial charge is 0.308 e. The molecule has 41 heavy (non-hydrogen) atoms. The first-order valence-corrected chi connectivity index (χ1v) is 17.0. The van der Waals surface area contributed by atoms with Gasteiger partial charge in [0.05, 0.1) is 41.1 Å². The van der Waals surface area contributed by atoms with E-state index in [1.54, 1.807) is 6.20 Å². The van der Waals surface area contributed by atoms with Crippen LogP contribution in [0.3, 0.4) is 0 Å². The molecule has 1 atom stereocenters. The number of nitrogens with two attached hydrogens (primary N) is 1. The van der Waals surface area contributed by atoms with Crippen LogP contribution in [0.2, 0.25) is 18.1 Å². The molecule has 1 unspecified atom stereocenters. The molecule has 9 heteroatoms. The molecule has 1 aliphatic heterocycles. The van der Waals surface area contributed by atoms with Gasteiger partial charge < -0.3 is 20.2 Å². The molecule has 0 bridgehead atoms. The fourth-order valence-corrected chi connectivity index (χ4v) is 5.68. The number of carbonyl (C=O) groups excluding carboxylic acids is 1. The third-order valence-corrected chi connectivity index (χ3v) is 12.4. The van der Waals surface area contributed by atoms with E-state index in [0.717, 1.165) is 45.8 Å². The van der Waals surface area contributed by atoms with E-state index in [-0.39, 0.29) is 23.5 Å². The zero-order valence-electron chi connectivity index (χ0n) is 24.7. The largest absolute Gasteiger partial charge is 0.543 e. The number of benzene rings is 2. The van der Waals surface area contributed by atoms with Crippen molar-refractivity contribution in [1.82, 2.24) is 9.61 Å². The molecule has 0 aliphatic carbocycles. The monoisotopic (exact) mass is 569 g/mol. The number of aromatic nitrogens is 2. The van der Waals surface area contributed by atoms with Gasteiger partial charge in [0.25, 0.3) is 0 Å². The van der Waals surface area contributed by atoms with Crippen molar-refractivity contribution >= 4 is 37.0 Å². The lowest BCUT2D eigenvalue weighted by molar-refractivity contribution is -0.137. The number of carbonyl (C=O) groups is 1. The normalized spacial score (nSPS) is 16.2. The van der Waals surface area contributed by atoms with Gasteiger partial charge in [0.2, 0.25) is 8.32 Å². The summed E-state index contributed by atoms with van der Waals surface area (Å²) in [7, 11) is -1.98. The Hall–Kier alpha value is -4.11. The first kappa shape index (κ1) is 28.4. The average molecular weight is 570 g/mol. The van der Waals surface area contributed by atoms with Gasteiger partial charge in [-0.1, -0.05) is 58.0 Å². The van der Waals surface area contributed by atoms with E-state index in [0.29, 0.717) is 18.0 Å². The minimum Gasteiger partial charge on any atom is -0.543 e. The summed E-state index contributed by atoms with van der Waals surface area (Å²) in [5.74, 6) is 0.982.